The fourth-order valence-corrected chi connectivity index (χ4v) is 1.90. The van der Waals surface area contributed by atoms with E-state index in [1.807, 2.05) is 43.4 Å². The van der Waals surface area contributed by atoms with Gasteiger partial charge in [0, 0.05) is 26.0 Å². The molecule has 4 nitrogen and oxygen atoms in total. The van der Waals surface area contributed by atoms with Crippen molar-refractivity contribution < 1.29 is 9.53 Å². The molecule has 1 aromatic heterocycles. The van der Waals surface area contributed by atoms with Crippen molar-refractivity contribution in [1.29, 1.82) is 0 Å². The number of rotatable bonds is 5. The van der Waals surface area contributed by atoms with E-state index in [4.69, 9.17) is 4.74 Å². The molecule has 1 amide bonds. The Kier molecular flexibility index (Phi) is 4.71. The average molecular weight is 270 g/mol. The lowest BCUT2D eigenvalue weighted by Gasteiger charge is -2.17. The second-order valence-corrected chi connectivity index (χ2v) is 4.63. The minimum atomic E-state index is 0.0898. The largest absolute Gasteiger partial charge is 0.497 e. The van der Waals surface area contributed by atoms with Crippen LogP contribution in [0.4, 0.5) is 0 Å². The van der Waals surface area contributed by atoms with Gasteiger partial charge in [0.1, 0.15) is 5.75 Å². The predicted molar refractivity (Wildman–Crippen MR) is 77.4 cm³/mol. The number of amides is 1. The number of pyridine rings is 1. The summed E-state index contributed by atoms with van der Waals surface area (Å²) in [6.45, 7) is 0.595. The molecule has 0 atom stereocenters. The maximum Gasteiger partial charge on any atom is 0.227 e. The van der Waals surface area contributed by atoms with Crippen molar-refractivity contribution in [2.75, 3.05) is 14.2 Å². The smallest absolute Gasteiger partial charge is 0.227 e. The van der Waals surface area contributed by atoms with Gasteiger partial charge >= 0.3 is 0 Å². The molecule has 0 saturated heterocycles. The summed E-state index contributed by atoms with van der Waals surface area (Å²) in [5.74, 6) is 0.887. The van der Waals surface area contributed by atoms with Crippen LogP contribution < -0.4 is 4.74 Å². The van der Waals surface area contributed by atoms with E-state index >= 15 is 0 Å². The molecule has 0 radical (unpaired) electrons. The average Bonchev–Trinajstić information content (AvgIpc) is 2.49. The van der Waals surface area contributed by atoms with Gasteiger partial charge in [0.05, 0.1) is 13.5 Å². The second-order valence-electron chi connectivity index (χ2n) is 4.63. The van der Waals surface area contributed by atoms with Crippen molar-refractivity contribution in [2.45, 2.75) is 13.0 Å². The van der Waals surface area contributed by atoms with E-state index in [-0.39, 0.29) is 5.91 Å². The Morgan fingerprint density at radius 3 is 2.35 bits per heavy atom. The van der Waals surface area contributed by atoms with Gasteiger partial charge in [0.25, 0.3) is 0 Å². The van der Waals surface area contributed by atoms with Gasteiger partial charge in [-0.05, 0) is 35.4 Å². The zero-order chi connectivity index (χ0) is 14.4. The number of likely N-dealkylation sites (N-methyl/N-ethyl adjacent to an activating group) is 1. The standard InChI is InChI=1S/C16H18N2O2/c1-18(12-14-7-9-17-10-8-14)16(19)11-13-3-5-15(20-2)6-4-13/h3-10H,11-12H2,1-2H3. The van der Waals surface area contributed by atoms with Crippen LogP contribution in [0.15, 0.2) is 48.8 Å². The Morgan fingerprint density at radius 1 is 1.10 bits per heavy atom. The topological polar surface area (TPSA) is 42.4 Å². The van der Waals surface area contributed by atoms with Crippen molar-refractivity contribution in [3.63, 3.8) is 0 Å². The van der Waals surface area contributed by atoms with Gasteiger partial charge in [-0.25, -0.2) is 0 Å². The maximum absolute atomic E-state index is 12.2. The number of methoxy groups -OCH3 is 1. The first kappa shape index (κ1) is 14.1. The van der Waals surface area contributed by atoms with Gasteiger partial charge in [-0.2, -0.15) is 0 Å². The van der Waals surface area contributed by atoms with Gasteiger partial charge in [-0.3, -0.25) is 9.78 Å². The van der Waals surface area contributed by atoms with Crippen molar-refractivity contribution in [3.05, 3.63) is 59.9 Å². The lowest BCUT2D eigenvalue weighted by Crippen LogP contribution is -2.27. The zero-order valence-corrected chi connectivity index (χ0v) is 11.7. The summed E-state index contributed by atoms with van der Waals surface area (Å²) >= 11 is 0. The molecule has 0 aliphatic heterocycles. The highest BCUT2D eigenvalue weighted by Crippen LogP contribution is 2.12. The van der Waals surface area contributed by atoms with Crippen LogP contribution in [0.1, 0.15) is 11.1 Å². The molecule has 104 valence electrons. The number of aromatic nitrogens is 1. The van der Waals surface area contributed by atoms with Crippen molar-refractivity contribution in [2.24, 2.45) is 0 Å². The fourth-order valence-electron chi connectivity index (χ4n) is 1.90. The third-order valence-corrected chi connectivity index (χ3v) is 3.11. The molecule has 2 aromatic rings. The van der Waals surface area contributed by atoms with E-state index in [1.165, 1.54) is 0 Å². The zero-order valence-electron chi connectivity index (χ0n) is 11.7. The highest BCUT2D eigenvalue weighted by molar-refractivity contribution is 5.78. The Bertz CT molecular complexity index is 552. The van der Waals surface area contributed by atoms with Crippen LogP contribution in [0.3, 0.4) is 0 Å². The number of hydrogen-bond acceptors (Lipinski definition) is 3. The lowest BCUT2D eigenvalue weighted by atomic mass is 10.1. The molecule has 0 aliphatic carbocycles. The van der Waals surface area contributed by atoms with Crippen LogP contribution in [-0.4, -0.2) is 29.9 Å². The number of hydrogen-bond donors (Lipinski definition) is 0. The monoisotopic (exact) mass is 270 g/mol. The third kappa shape index (κ3) is 3.82. The van der Waals surface area contributed by atoms with Gasteiger partial charge in [-0.1, -0.05) is 12.1 Å². The minimum absolute atomic E-state index is 0.0898. The highest BCUT2D eigenvalue weighted by Gasteiger charge is 2.10. The van der Waals surface area contributed by atoms with E-state index in [2.05, 4.69) is 4.98 Å². The lowest BCUT2D eigenvalue weighted by molar-refractivity contribution is -0.129. The van der Waals surface area contributed by atoms with Crippen molar-refractivity contribution in [1.82, 2.24) is 9.88 Å². The second kappa shape index (κ2) is 6.70. The summed E-state index contributed by atoms with van der Waals surface area (Å²) in [4.78, 5) is 17.8. The number of carbonyl (C=O) groups is 1. The molecule has 20 heavy (non-hydrogen) atoms. The molecule has 0 N–H and O–H groups in total. The van der Waals surface area contributed by atoms with Gasteiger partial charge in [0.15, 0.2) is 0 Å². The Morgan fingerprint density at radius 2 is 1.75 bits per heavy atom. The van der Waals surface area contributed by atoms with Gasteiger partial charge in [0.2, 0.25) is 5.91 Å². The highest BCUT2D eigenvalue weighted by atomic mass is 16.5. The van der Waals surface area contributed by atoms with Crippen LogP contribution in [0.2, 0.25) is 0 Å². The molecule has 2 rings (SSSR count). The molecule has 0 fully saturated rings. The maximum atomic E-state index is 12.2. The molecule has 0 saturated carbocycles. The van der Waals surface area contributed by atoms with Crippen molar-refractivity contribution >= 4 is 5.91 Å². The van der Waals surface area contributed by atoms with Gasteiger partial charge in [-0.15, -0.1) is 0 Å². The molecular formula is C16H18N2O2. The summed E-state index contributed by atoms with van der Waals surface area (Å²) in [5.41, 5.74) is 2.06. The summed E-state index contributed by atoms with van der Waals surface area (Å²) in [6.07, 6.45) is 3.86. The molecule has 0 spiro atoms. The SMILES string of the molecule is COc1ccc(CC(=O)N(C)Cc2ccncc2)cc1. The van der Waals surface area contributed by atoms with Crippen LogP contribution in [0, 0.1) is 0 Å². The Labute approximate surface area is 119 Å². The van der Waals surface area contributed by atoms with E-state index in [0.717, 1.165) is 16.9 Å². The number of nitrogens with zero attached hydrogens (tertiary/aromatic N) is 2. The van der Waals surface area contributed by atoms with Crippen molar-refractivity contribution in [3.8, 4) is 5.75 Å². The summed E-state index contributed by atoms with van der Waals surface area (Å²) in [6, 6.07) is 11.4. The summed E-state index contributed by atoms with van der Waals surface area (Å²) in [5, 5.41) is 0. The predicted octanol–water partition coefficient (Wildman–Crippen LogP) is 2.29. The first-order valence-electron chi connectivity index (χ1n) is 6.45. The molecule has 1 heterocycles. The first-order chi connectivity index (χ1) is 9.69. The molecule has 0 aliphatic rings. The number of benzene rings is 1. The number of carbonyl (C=O) groups excluding carboxylic acids is 1. The quantitative estimate of drug-likeness (QED) is 0.837. The van der Waals surface area contributed by atoms with Crippen LogP contribution >= 0.6 is 0 Å². The third-order valence-electron chi connectivity index (χ3n) is 3.11. The van der Waals surface area contributed by atoms with Crippen LogP contribution in [0.25, 0.3) is 0 Å². The normalized spacial score (nSPS) is 10.1. The Hall–Kier alpha value is -2.36. The molecule has 0 bridgehead atoms. The van der Waals surface area contributed by atoms with Gasteiger partial charge < -0.3 is 9.64 Å². The molecule has 0 unspecified atom stereocenters. The first-order valence-corrected chi connectivity index (χ1v) is 6.45. The minimum Gasteiger partial charge on any atom is -0.497 e. The molecule has 4 heteroatoms. The Balaban J connectivity index is 1.93. The van der Waals surface area contributed by atoms with Crippen LogP contribution in [-0.2, 0) is 17.8 Å². The fraction of sp³-hybridized carbons (Fsp3) is 0.250. The van der Waals surface area contributed by atoms with E-state index in [9.17, 15) is 4.79 Å². The van der Waals surface area contributed by atoms with E-state index in [0.29, 0.717) is 13.0 Å². The summed E-state index contributed by atoms with van der Waals surface area (Å²) < 4.78 is 5.10. The number of ether oxygens (including phenoxy) is 1. The molecular weight excluding hydrogens is 252 g/mol. The van der Waals surface area contributed by atoms with Crippen LogP contribution in [0.5, 0.6) is 5.75 Å². The molecule has 1 aromatic carbocycles. The summed E-state index contributed by atoms with van der Waals surface area (Å²) in [7, 11) is 3.44. The van der Waals surface area contributed by atoms with E-state index < -0.39 is 0 Å². The van der Waals surface area contributed by atoms with E-state index in [1.54, 1.807) is 24.4 Å².